The smallest absolute Gasteiger partial charge is 0.224 e. The maximum atomic E-state index is 11.4. The van der Waals surface area contributed by atoms with Crippen molar-refractivity contribution in [1.82, 2.24) is 0 Å². The van der Waals surface area contributed by atoms with Crippen LogP contribution in [0.2, 0.25) is 0 Å². The Morgan fingerprint density at radius 3 is 3.00 bits per heavy atom. The lowest BCUT2D eigenvalue weighted by molar-refractivity contribution is -0.116. The Morgan fingerprint density at radius 1 is 1.50 bits per heavy atom. The van der Waals surface area contributed by atoms with Crippen LogP contribution in [0.5, 0.6) is 0 Å². The van der Waals surface area contributed by atoms with Crippen LogP contribution >= 0.6 is 0 Å². The third kappa shape index (κ3) is 1.41. The van der Waals surface area contributed by atoms with Gasteiger partial charge < -0.3 is 5.32 Å². The summed E-state index contributed by atoms with van der Waals surface area (Å²) in [5, 5.41) is 2.97. The normalized spacial score (nSPS) is 20.1. The molecule has 1 aromatic carbocycles. The molecule has 1 heterocycles. The van der Waals surface area contributed by atoms with E-state index < -0.39 is 0 Å². The van der Waals surface area contributed by atoms with Crippen LogP contribution in [0.1, 0.15) is 37.3 Å². The molecule has 74 valence electrons. The molecule has 1 amide bonds. The highest BCUT2D eigenvalue weighted by Crippen LogP contribution is 2.34. The monoisotopic (exact) mass is 189 g/mol. The van der Waals surface area contributed by atoms with Gasteiger partial charge in [-0.2, -0.15) is 0 Å². The van der Waals surface area contributed by atoms with Gasteiger partial charge in [-0.15, -0.1) is 0 Å². The molecule has 1 N–H and O–H groups in total. The van der Waals surface area contributed by atoms with Crippen molar-refractivity contribution in [2.45, 2.75) is 32.6 Å². The fourth-order valence-electron chi connectivity index (χ4n) is 2.06. The van der Waals surface area contributed by atoms with Crippen molar-refractivity contribution in [3.8, 4) is 0 Å². The molecule has 0 bridgehead atoms. The summed E-state index contributed by atoms with van der Waals surface area (Å²) < 4.78 is 0. The van der Waals surface area contributed by atoms with Crippen LogP contribution in [0.25, 0.3) is 0 Å². The molecule has 1 unspecified atom stereocenters. The molecule has 2 nitrogen and oxygen atoms in total. The van der Waals surface area contributed by atoms with Gasteiger partial charge in [0.25, 0.3) is 0 Å². The van der Waals surface area contributed by atoms with Crippen LogP contribution in [0.15, 0.2) is 18.2 Å². The number of anilines is 1. The van der Waals surface area contributed by atoms with Gasteiger partial charge in [0, 0.05) is 12.1 Å². The second-order valence-electron chi connectivity index (χ2n) is 3.89. The zero-order chi connectivity index (χ0) is 10.1. The Labute approximate surface area is 84.3 Å². The van der Waals surface area contributed by atoms with E-state index >= 15 is 0 Å². The van der Waals surface area contributed by atoms with Crippen LogP contribution in [0, 0.1) is 0 Å². The number of rotatable bonds is 1. The number of aryl methyl sites for hydroxylation is 1. The molecule has 0 fully saturated rings. The molecule has 2 rings (SSSR count). The van der Waals surface area contributed by atoms with Crippen LogP contribution in [0.3, 0.4) is 0 Å². The minimum atomic E-state index is 0.144. The maximum Gasteiger partial charge on any atom is 0.224 e. The number of benzene rings is 1. The summed E-state index contributed by atoms with van der Waals surface area (Å²) >= 11 is 0. The Morgan fingerprint density at radius 2 is 2.29 bits per heavy atom. The standard InChI is InChI=1S/C12H15NO/c1-3-9-5-4-6-10-8(2)7-11(14)13-12(9)10/h4-6,8H,3,7H2,1-2H3,(H,13,14). The van der Waals surface area contributed by atoms with Gasteiger partial charge in [0.15, 0.2) is 0 Å². The van der Waals surface area contributed by atoms with Crippen molar-refractivity contribution in [3.63, 3.8) is 0 Å². The molecule has 14 heavy (non-hydrogen) atoms. The second-order valence-corrected chi connectivity index (χ2v) is 3.89. The lowest BCUT2D eigenvalue weighted by Gasteiger charge is -2.24. The van der Waals surface area contributed by atoms with Gasteiger partial charge in [-0.1, -0.05) is 32.0 Å². The van der Waals surface area contributed by atoms with Gasteiger partial charge in [-0.05, 0) is 23.5 Å². The minimum Gasteiger partial charge on any atom is -0.326 e. The average Bonchev–Trinajstić information content (AvgIpc) is 2.17. The Balaban J connectivity index is 2.52. The molecule has 1 aliphatic rings. The van der Waals surface area contributed by atoms with Crippen molar-refractivity contribution < 1.29 is 4.79 Å². The fourth-order valence-corrected chi connectivity index (χ4v) is 2.06. The molecule has 0 radical (unpaired) electrons. The number of hydrogen-bond donors (Lipinski definition) is 1. The van der Waals surface area contributed by atoms with Gasteiger partial charge in [0.2, 0.25) is 5.91 Å². The molecule has 0 spiro atoms. The molecular weight excluding hydrogens is 174 g/mol. The van der Waals surface area contributed by atoms with E-state index in [4.69, 9.17) is 0 Å². The predicted octanol–water partition coefficient (Wildman–Crippen LogP) is 2.69. The van der Waals surface area contributed by atoms with Crippen molar-refractivity contribution in [3.05, 3.63) is 29.3 Å². The first-order valence-corrected chi connectivity index (χ1v) is 5.14. The van der Waals surface area contributed by atoms with Crippen LogP contribution in [-0.4, -0.2) is 5.91 Å². The summed E-state index contributed by atoms with van der Waals surface area (Å²) in [6.45, 7) is 4.22. The third-order valence-corrected chi connectivity index (χ3v) is 2.85. The number of fused-ring (bicyclic) bond motifs is 1. The number of carbonyl (C=O) groups excluding carboxylic acids is 1. The summed E-state index contributed by atoms with van der Waals surface area (Å²) in [5.41, 5.74) is 3.57. The summed E-state index contributed by atoms with van der Waals surface area (Å²) in [4.78, 5) is 11.4. The van der Waals surface area contributed by atoms with Crippen molar-refractivity contribution in [2.75, 3.05) is 5.32 Å². The van der Waals surface area contributed by atoms with Gasteiger partial charge >= 0.3 is 0 Å². The van der Waals surface area contributed by atoms with E-state index in [9.17, 15) is 4.79 Å². The molecule has 0 aromatic heterocycles. The average molecular weight is 189 g/mol. The van der Waals surface area contributed by atoms with E-state index in [1.165, 1.54) is 11.1 Å². The molecule has 1 atom stereocenters. The first-order chi connectivity index (χ1) is 6.72. The maximum absolute atomic E-state index is 11.4. The molecule has 0 aliphatic carbocycles. The van der Waals surface area contributed by atoms with E-state index in [1.54, 1.807) is 0 Å². The summed E-state index contributed by atoms with van der Waals surface area (Å²) in [6.07, 6.45) is 1.58. The summed E-state index contributed by atoms with van der Waals surface area (Å²) in [5.74, 6) is 0.496. The molecule has 1 aromatic rings. The van der Waals surface area contributed by atoms with Gasteiger partial charge in [-0.25, -0.2) is 0 Å². The molecule has 0 saturated carbocycles. The zero-order valence-corrected chi connectivity index (χ0v) is 8.63. The Hall–Kier alpha value is -1.31. The highest BCUT2D eigenvalue weighted by Gasteiger charge is 2.22. The van der Waals surface area contributed by atoms with E-state index in [0.29, 0.717) is 12.3 Å². The lowest BCUT2D eigenvalue weighted by atomic mass is 9.90. The SMILES string of the molecule is CCc1cccc2c1NC(=O)CC2C. The highest BCUT2D eigenvalue weighted by molar-refractivity contribution is 5.95. The fraction of sp³-hybridized carbons (Fsp3) is 0.417. The quantitative estimate of drug-likeness (QED) is 0.723. The highest BCUT2D eigenvalue weighted by atomic mass is 16.1. The first-order valence-electron chi connectivity index (χ1n) is 5.14. The predicted molar refractivity (Wildman–Crippen MR) is 57.5 cm³/mol. The molecular formula is C12H15NO. The molecule has 0 saturated heterocycles. The van der Waals surface area contributed by atoms with Crippen molar-refractivity contribution in [2.24, 2.45) is 0 Å². The number of para-hydroxylation sites is 1. The van der Waals surface area contributed by atoms with Crippen molar-refractivity contribution >= 4 is 11.6 Å². The number of hydrogen-bond acceptors (Lipinski definition) is 1. The lowest BCUT2D eigenvalue weighted by Crippen LogP contribution is -2.22. The zero-order valence-electron chi connectivity index (χ0n) is 8.63. The number of nitrogens with one attached hydrogen (secondary N) is 1. The van der Waals surface area contributed by atoms with E-state index in [1.807, 2.05) is 0 Å². The van der Waals surface area contributed by atoms with Gasteiger partial charge in [0.05, 0.1) is 0 Å². The number of amides is 1. The Kier molecular flexibility index (Phi) is 2.28. The largest absolute Gasteiger partial charge is 0.326 e. The van der Waals surface area contributed by atoms with Crippen LogP contribution < -0.4 is 5.32 Å². The van der Waals surface area contributed by atoms with Crippen LogP contribution in [0.4, 0.5) is 5.69 Å². The van der Waals surface area contributed by atoms with E-state index in [-0.39, 0.29) is 5.91 Å². The topological polar surface area (TPSA) is 29.1 Å². The van der Waals surface area contributed by atoms with E-state index in [0.717, 1.165) is 12.1 Å². The minimum absolute atomic E-state index is 0.144. The van der Waals surface area contributed by atoms with E-state index in [2.05, 4.69) is 37.4 Å². The first kappa shape index (κ1) is 9.25. The van der Waals surface area contributed by atoms with Crippen molar-refractivity contribution in [1.29, 1.82) is 0 Å². The summed E-state index contributed by atoms with van der Waals surface area (Å²) in [7, 11) is 0. The molecule has 2 heteroatoms. The molecule has 1 aliphatic heterocycles. The third-order valence-electron chi connectivity index (χ3n) is 2.85. The second kappa shape index (κ2) is 3.45. The number of carbonyl (C=O) groups is 1. The van der Waals surface area contributed by atoms with Crippen LogP contribution in [-0.2, 0) is 11.2 Å². The Bertz CT molecular complexity index is 371. The van der Waals surface area contributed by atoms with Gasteiger partial charge in [-0.3, -0.25) is 4.79 Å². The summed E-state index contributed by atoms with van der Waals surface area (Å²) in [6, 6.07) is 6.27. The van der Waals surface area contributed by atoms with Gasteiger partial charge in [0.1, 0.15) is 0 Å².